The molecule has 0 aromatic heterocycles. The SMILES string of the molecule is OCCC[CH2][V]([CH2]CCCO)([CH2]CCCO)[CH2]CCCO. The van der Waals surface area contributed by atoms with Crippen LogP contribution in [0.25, 0.3) is 0 Å². The van der Waals surface area contributed by atoms with Gasteiger partial charge in [0, 0.05) is 0 Å². The summed E-state index contributed by atoms with van der Waals surface area (Å²) in [5.74, 6) is 0. The molecule has 0 rings (SSSR count). The van der Waals surface area contributed by atoms with E-state index in [9.17, 15) is 0 Å². The quantitative estimate of drug-likeness (QED) is 0.325. The van der Waals surface area contributed by atoms with Gasteiger partial charge in [-0.25, -0.2) is 0 Å². The number of unbranched alkanes of at least 4 members (excludes halogenated alkanes) is 4. The molecule has 0 aliphatic heterocycles. The molecule has 21 heavy (non-hydrogen) atoms. The van der Waals surface area contributed by atoms with Gasteiger partial charge in [0.2, 0.25) is 0 Å². The number of hydrogen-bond donors (Lipinski definition) is 4. The predicted octanol–water partition coefficient (Wildman–Crippen LogP) is 2.90. The molecule has 4 nitrogen and oxygen atoms in total. The Hall–Kier alpha value is 0.424. The van der Waals surface area contributed by atoms with Crippen LogP contribution in [0.2, 0.25) is 20.5 Å². The third-order valence-corrected chi connectivity index (χ3v) is 12.1. The second-order valence-corrected chi connectivity index (χ2v) is 12.9. The van der Waals surface area contributed by atoms with Gasteiger partial charge in [0.15, 0.2) is 0 Å². The molecule has 0 fully saturated rings. The van der Waals surface area contributed by atoms with Gasteiger partial charge in [0.05, 0.1) is 0 Å². The summed E-state index contributed by atoms with van der Waals surface area (Å²) in [4.78, 5) is 0. The van der Waals surface area contributed by atoms with E-state index in [-0.39, 0.29) is 26.4 Å². The van der Waals surface area contributed by atoms with Crippen molar-refractivity contribution < 1.29 is 34.5 Å². The fraction of sp³-hybridized carbons (Fsp3) is 1.00. The van der Waals surface area contributed by atoms with E-state index >= 15 is 0 Å². The van der Waals surface area contributed by atoms with Crippen molar-refractivity contribution in [2.24, 2.45) is 0 Å². The van der Waals surface area contributed by atoms with Crippen LogP contribution in [0.4, 0.5) is 0 Å². The Morgan fingerprint density at radius 2 is 0.619 bits per heavy atom. The van der Waals surface area contributed by atoms with E-state index in [2.05, 4.69) is 0 Å². The molecule has 0 unspecified atom stereocenters. The summed E-state index contributed by atoms with van der Waals surface area (Å²) < 4.78 is 0. The third-order valence-electron chi connectivity index (χ3n) is 4.16. The maximum absolute atomic E-state index is 9.03. The van der Waals surface area contributed by atoms with Crippen LogP contribution in [0.5, 0.6) is 0 Å². The summed E-state index contributed by atoms with van der Waals surface area (Å²) >= 11 is -1.78. The molecule has 0 heterocycles. The van der Waals surface area contributed by atoms with Gasteiger partial charge in [-0.3, -0.25) is 0 Å². The number of rotatable bonds is 16. The van der Waals surface area contributed by atoms with Crippen LogP contribution in [0.1, 0.15) is 51.4 Å². The molecular weight excluding hydrogens is 307 g/mol. The number of aliphatic hydroxyl groups excluding tert-OH is 4. The normalized spacial score (nSPS) is 12.0. The summed E-state index contributed by atoms with van der Waals surface area (Å²) in [7, 11) is 0. The Morgan fingerprint density at radius 3 is 0.810 bits per heavy atom. The standard InChI is InChI=1S/4C4H9O.V/c4*1-2-3-4-5;/h4*5H,1-4H2;. The van der Waals surface area contributed by atoms with E-state index in [0.29, 0.717) is 0 Å². The van der Waals surface area contributed by atoms with Crippen molar-refractivity contribution in [3.63, 3.8) is 0 Å². The predicted molar refractivity (Wildman–Crippen MR) is 84.5 cm³/mol. The molecular formula is C16H36O4V. The van der Waals surface area contributed by atoms with Crippen LogP contribution in [0.3, 0.4) is 0 Å². The van der Waals surface area contributed by atoms with Crippen molar-refractivity contribution in [1.29, 1.82) is 0 Å². The van der Waals surface area contributed by atoms with Crippen molar-refractivity contribution in [2.75, 3.05) is 26.4 Å². The average molecular weight is 343 g/mol. The molecule has 0 aliphatic rings. The van der Waals surface area contributed by atoms with E-state index in [0.717, 1.165) is 51.4 Å². The van der Waals surface area contributed by atoms with E-state index in [4.69, 9.17) is 20.4 Å². The zero-order chi connectivity index (χ0) is 15.8. The fourth-order valence-corrected chi connectivity index (χ4v) is 10.6. The van der Waals surface area contributed by atoms with Gasteiger partial charge in [-0.1, -0.05) is 0 Å². The maximum atomic E-state index is 9.03. The van der Waals surface area contributed by atoms with Crippen LogP contribution in [-0.2, 0) is 14.0 Å². The van der Waals surface area contributed by atoms with Crippen molar-refractivity contribution in [3.8, 4) is 0 Å². The molecule has 0 amide bonds. The Balaban J connectivity index is 4.52. The third kappa shape index (κ3) is 11.6. The molecule has 0 aromatic carbocycles. The second-order valence-electron chi connectivity index (χ2n) is 5.96. The summed E-state index contributed by atoms with van der Waals surface area (Å²) in [5, 5.41) is 41.2. The number of hydrogen-bond acceptors (Lipinski definition) is 4. The summed E-state index contributed by atoms with van der Waals surface area (Å²) in [5.41, 5.74) is 0. The Morgan fingerprint density at radius 1 is 0.381 bits per heavy atom. The molecule has 4 N–H and O–H groups in total. The van der Waals surface area contributed by atoms with Crippen LogP contribution < -0.4 is 0 Å². The summed E-state index contributed by atoms with van der Waals surface area (Å²) in [6.45, 7) is 1.11. The Labute approximate surface area is 133 Å². The molecule has 0 radical (unpaired) electrons. The zero-order valence-electron chi connectivity index (χ0n) is 13.5. The van der Waals surface area contributed by atoms with Crippen LogP contribution >= 0.6 is 0 Å². The Bertz CT molecular complexity index is 169. The first kappa shape index (κ1) is 21.4. The minimum atomic E-state index is -1.78. The van der Waals surface area contributed by atoms with E-state index in [1.807, 2.05) is 0 Å². The first-order chi connectivity index (χ1) is 10.2. The molecule has 0 atom stereocenters. The van der Waals surface area contributed by atoms with E-state index in [1.54, 1.807) is 0 Å². The molecule has 5 heteroatoms. The monoisotopic (exact) mass is 343 g/mol. The van der Waals surface area contributed by atoms with Crippen LogP contribution in [0.15, 0.2) is 0 Å². The van der Waals surface area contributed by atoms with Gasteiger partial charge < -0.3 is 0 Å². The molecule has 0 bridgehead atoms. The molecule has 0 spiro atoms. The first-order valence-electron chi connectivity index (χ1n) is 8.53. The van der Waals surface area contributed by atoms with Gasteiger partial charge in [-0.15, -0.1) is 0 Å². The molecule has 0 aromatic rings. The van der Waals surface area contributed by atoms with Gasteiger partial charge in [-0.2, -0.15) is 0 Å². The number of aliphatic hydroxyl groups is 4. The average Bonchev–Trinajstić information content (AvgIpc) is 2.48. The zero-order valence-corrected chi connectivity index (χ0v) is 14.9. The first-order valence-corrected chi connectivity index (χ1v) is 12.5. The molecule has 0 saturated carbocycles. The summed E-state index contributed by atoms with van der Waals surface area (Å²) in [6.07, 6.45) is 8.02. The van der Waals surface area contributed by atoms with Crippen molar-refractivity contribution in [2.45, 2.75) is 71.9 Å². The van der Waals surface area contributed by atoms with Crippen molar-refractivity contribution >= 4 is 0 Å². The molecule has 129 valence electrons. The van der Waals surface area contributed by atoms with Gasteiger partial charge in [0.1, 0.15) is 0 Å². The van der Waals surface area contributed by atoms with Crippen LogP contribution in [-0.4, -0.2) is 46.9 Å². The van der Waals surface area contributed by atoms with Crippen LogP contribution in [0, 0.1) is 0 Å². The topological polar surface area (TPSA) is 80.9 Å². The molecule has 0 aliphatic carbocycles. The molecule has 0 saturated heterocycles. The van der Waals surface area contributed by atoms with Crippen molar-refractivity contribution in [1.82, 2.24) is 0 Å². The van der Waals surface area contributed by atoms with Gasteiger partial charge in [0.25, 0.3) is 0 Å². The van der Waals surface area contributed by atoms with E-state index in [1.165, 1.54) is 20.5 Å². The van der Waals surface area contributed by atoms with Gasteiger partial charge >= 0.3 is 133 Å². The van der Waals surface area contributed by atoms with Crippen molar-refractivity contribution in [3.05, 3.63) is 0 Å². The Kier molecular flexibility index (Phi) is 15.6. The van der Waals surface area contributed by atoms with Gasteiger partial charge in [-0.05, 0) is 0 Å². The minimum absolute atomic E-state index is 0.278. The van der Waals surface area contributed by atoms with E-state index < -0.39 is 14.0 Å². The fourth-order valence-electron chi connectivity index (χ4n) is 2.91. The second kappa shape index (κ2) is 15.3. The summed E-state index contributed by atoms with van der Waals surface area (Å²) in [6, 6.07) is 0.